The van der Waals surface area contributed by atoms with Crippen LogP contribution in [-0.2, 0) is 11.3 Å². The maximum Gasteiger partial charge on any atom is 0.0850 e. The molecule has 0 bridgehead atoms. The van der Waals surface area contributed by atoms with Crippen LogP contribution in [0.5, 0.6) is 0 Å². The fraction of sp³-hybridized carbons (Fsp3) is 0.786. The molecule has 1 aliphatic rings. The minimum absolute atomic E-state index is 0.0865. The number of ether oxygens (including phenoxy) is 1. The third-order valence-electron chi connectivity index (χ3n) is 3.77. The quantitative estimate of drug-likeness (QED) is 0.844. The zero-order valence-corrected chi connectivity index (χ0v) is 11.8. The molecule has 18 heavy (non-hydrogen) atoms. The number of hydrogen-bond donors (Lipinski definition) is 1. The normalized spacial score (nSPS) is 25.5. The first-order valence-electron chi connectivity index (χ1n) is 7.09. The van der Waals surface area contributed by atoms with Crippen molar-refractivity contribution in [1.82, 2.24) is 15.1 Å². The molecule has 0 amide bonds. The molecule has 1 aromatic rings. The summed E-state index contributed by atoms with van der Waals surface area (Å²) in [6.07, 6.45) is 7.52. The van der Waals surface area contributed by atoms with Crippen molar-refractivity contribution in [3.8, 4) is 0 Å². The molecule has 2 rings (SSSR count). The number of nitrogens with one attached hydrogen (secondary N) is 1. The van der Waals surface area contributed by atoms with E-state index in [0.717, 1.165) is 39.0 Å². The van der Waals surface area contributed by atoms with E-state index in [1.807, 2.05) is 10.9 Å². The van der Waals surface area contributed by atoms with Crippen LogP contribution < -0.4 is 5.32 Å². The summed E-state index contributed by atoms with van der Waals surface area (Å²) >= 11 is 0. The van der Waals surface area contributed by atoms with Crippen molar-refractivity contribution in [1.29, 1.82) is 0 Å². The molecule has 1 aromatic heterocycles. The molecule has 1 aliphatic heterocycles. The average Bonchev–Trinajstić information content (AvgIpc) is 2.99. The van der Waals surface area contributed by atoms with Gasteiger partial charge >= 0.3 is 0 Å². The highest BCUT2D eigenvalue weighted by Crippen LogP contribution is 2.37. The molecule has 2 heterocycles. The van der Waals surface area contributed by atoms with Gasteiger partial charge in [0.2, 0.25) is 0 Å². The van der Waals surface area contributed by atoms with E-state index in [0.29, 0.717) is 0 Å². The summed E-state index contributed by atoms with van der Waals surface area (Å²) in [7, 11) is 0. The molecule has 2 unspecified atom stereocenters. The van der Waals surface area contributed by atoms with Gasteiger partial charge in [-0.15, -0.1) is 0 Å². The molecule has 4 heteroatoms. The van der Waals surface area contributed by atoms with Gasteiger partial charge in [0, 0.05) is 24.9 Å². The molecule has 0 aliphatic carbocycles. The first-order chi connectivity index (χ1) is 8.69. The number of aryl methyl sites for hydroxylation is 1. The van der Waals surface area contributed by atoms with Crippen LogP contribution in [0.4, 0.5) is 0 Å². The summed E-state index contributed by atoms with van der Waals surface area (Å²) in [4.78, 5) is 0. The molecular weight excluding hydrogens is 226 g/mol. The summed E-state index contributed by atoms with van der Waals surface area (Å²) in [5.74, 6) is 0. The van der Waals surface area contributed by atoms with Crippen LogP contribution in [0.1, 0.15) is 51.6 Å². The minimum atomic E-state index is -0.0865. The van der Waals surface area contributed by atoms with E-state index >= 15 is 0 Å². The Bertz CT molecular complexity index is 369. The SMILES string of the molecule is CCCNC(c1cnn(CC)c1)C1(C)CCCO1. The van der Waals surface area contributed by atoms with E-state index in [1.165, 1.54) is 5.56 Å². The van der Waals surface area contributed by atoms with Crippen LogP contribution in [0.3, 0.4) is 0 Å². The standard InChI is InChI=1S/C14H25N3O/c1-4-8-15-13(14(3)7-6-9-18-14)12-10-16-17(5-2)11-12/h10-11,13,15H,4-9H2,1-3H3. The monoisotopic (exact) mass is 251 g/mol. The zero-order valence-electron chi connectivity index (χ0n) is 11.8. The average molecular weight is 251 g/mol. The van der Waals surface area contributed by atoms with Gasteiger partial charge in [0.15, 0.2) is 0 Å². The lowest BCUT2D eigenvalue weighted by Gasteiger charge is -2.33. The molecule has 4 nitrogen and oxygen atoms in total. The van der Waals surface area contributed by atoms with E-state index in [2.05, 4.69) is 37.4 Å². The van der Waals surface area contributed by atoms with Gasteiger partial charge in [-0.25, -0.2) is 0 Å². The van der Waals surface area contributed by atoms with Crippen LogP contribution >= 0.6 is 0 Å². The maximum atomic E-state index is 6.00. The lowest BCUT2D eigenvalue weighted by Crippen LogP contribution is -2.41. The topological polar surface area (TPSA) is 39.1 Å². The van der Waals surface area contributed by atoms with Gasteiger partial charge in [0.1, 0.15) is 0 Å². The molecule has 0 spiro atoms. The van der Waals surface area contributed by atoms with Crippen molar-refractivity contribution in [3.05, 3.63) is 18.0 Å². The van der Waals surface area contributed by atoms with Crippen molar-refractivity contribution in [3.63, 3.8) is 0 Å². The van der Waals surface area contributed by atoms with Crippen LogP contribution in [0, 0.1) is 0 Å². The first kappa shape index (κ1) is 13.6. The Morgan fingerprint density at radius 2 is 2.39 bits per heavy atom. The highest BCUT2D eigenvalue weighted by atomic mass is 16.5. The molecule has 1 saturated heterocycles. The Balaban J connectivity index is 2.18. The zero-order chi connectivity index (χ0) is 13.0. The third kappa shape index (κ3) is 2.75. The predicted octanol–water partition coefficient (Wildman–Crippen LogP) is 2.51. The van der Waals surface area contributed by atoms with Crippen molar-refractivity contribution >= 4 is 0 Å². The minimum Gasteiger partial charge on any atom is -0.373 e. The fourth-order valence-corrected chi connectivity index (χ4v) is 2.70. The first-order valence-corrected chi connectivity index (χ1v) is 7.09. The fourth-order valence-electron chi connectivity index (χ4n) is 2.70. The van der Waals surface area contributed by atoms with Gasteiger partial charge in [0.05, 0.1) is 17.8 Å². The maximum absolute atomic E-state index is 6.00. The molecular formula is C14H25N3O. The van der Waals surface area contributed by atoms with Gasteiger partial charge < -0.3 is 10.1 Å². The molecule has 0 saturated carbocycles. The largest absolute Gasteiger partial charge is 0.373 e. The molecule has 1 fully saturated rings. The van der Waals surface area contributed by atoms with E-state index < -0.39 is 0 Å². The van der Waals surface area contributed by atoms with Crippen molar-refractivity contribution in [2.45, 2.75) is 58.2 Å². The Kier molecular flexibility index (Phi) is 4.40. The Morgan fingerprint density at radius 1 is 1.56 bits per heavy atom. The van der Waals surface area contributed by atoms with Gasteiger partial charge in [-0.3, -0.25) is 4.68 Å². The number of nitrogens with zero attached hydrogens (tertiary/aromatic N) is 2. The van der Waals surface area contributed by atoms with E-state index in [1.54, 1.807) is 0 Å². The van der Waals surface area contributed by atoms with E-state index in [9.17, 15) is 0 Å². The second-order valence-corrected chi connectivity index (χ2v) is 5.28. The van der Waals surface area contributed by atoms with Crippen LogP contribution in [0.25, 0.3) is 0 Å². The van der Waals surface area contributed by atoms with Gasteiger partial charge in [0.25, 0.3) is 0 Å². The summed E-state index contributed by atoms with van der Waals surface area (Å²) < 4.78 is 7.98. The Hall–Kier alpha value is -0.870. The summed E-state index contributed by atoms with van der Waals surface area (Å²) in [5, 5.41) is 8.01. The number of aromatic nitrogens is 2. The van der Waals surface area contributed by atoms with Crippen molar-refractivity contribution < 1.29 is 4.74 Å². The van der Waals surface area contributed by atoms with Crippen molar-refractivity contribution in [2.24, 2.45) is 0 Å². The van der Waals surface area contributed by atoms with E-state index in [4.69, 9.17) is 4.74 Å². The van der Waals surface area contributed by atoms with Crippen LogP contribution in [0.2, 0.25) is 0 Å². The van der Waals surface area contributed by atoms with Crippen LogP contribution in [-0.4, -0.2) is 28.5 Å². The Labute approximate surface area is 110 Å². The van der Waals surface area contributed by atoms with E-state index in [-0.39, 0.29) is 11.6 Å². The summed E-state index contributed by atoms with van der Waals surface area (Å²) in [6, 6.07) is 0.250. The van der Waals surface area contributed by atoms with Gasteiger partial charge in [-0.05, 0) is 39.7 Å². The lowest BCUT2D eigenvalue weighted by molar-refractivity contribution is -0.0124. The molecule has 0 aromatic carbocycles. The highest BCUT2D eigenvalue weighted by Gasteiger charge is 2.39. The molecule has 2 atom stereocenters. The second-order valence-electron chi connectivity index (χ2n) is 5.28. The third-order valence-corrected chi connectivity index (χ3v) is 3.77. The van der Waals surface area contributed by atoms with Crippen LogP contribution in [0.15, 0.2) is 12.4 Å². The van der Waals surface area contributed by atoms with Gasteiger partial charge in [-0.2, -0.15) is 5.10 Å². The molecule has 102 valence electrons. The van der Waals surface area contributed by atoms with Gasteiger partial charge in [-0.1, -0.05) is 6.92 Å². The summed E-state index contributed by atoms with van der Waals surface area (Å²) in [5.41, 5.74) is 1.16. The summed E-state index contributed by atoms with van der Waals surface area (Å²) in [6.45, 7) is 9.33. The molecule has 0 radical (unpaired) electrons. The molecule has 1 N–H and O–H groups in total. The smallest absolute Gasteiger partial charge is 0.0850 e. The predicted molar refractivity (Wildman–Crippen MR) is 72.5 cm³/mol. The lowest BCUT2D eigenvalue weighted by atomic mass is 9.89. The van der Waals surface area contributed by atoms with Crippen molar-refractivity contribution in [2.75, 3.05) is 13.2 Å². The Morgan fingerprint density at radius 3 is 2.94 bits per heavy atom. The number of rotatable bonds is 6. The highest BCUT2D eigenvalue weighted by molar-refractivity contribution is 5.16. The second kappa shape index (κ2) is 5.85. The number of hydrogen-bond acceptors (Lipinski definition) is 3.